The minimum Gasteiger partial charge on any atom is -0.381 e. The van der Waals surface area contributed by atoms with E-state index in [4.69, 9.17) is 4.74 Å². The van der Waals surface area contributed by atoms with E-state index in [-0.39, 0.29) is 0 Å². The number of nitrogens with zero attached hydrogens (tertiary/aromatic N) is 1. The minimum atomic E-state index is 0.530. The number of aromatic amines is 1. The maximum atomic E-state index is 5.45. The molecule has 1 aliphatic heterocycles. The van der Waals surface area contributed by atoms with E-state index in [1.807, 2.05) is 6.20 Å². The number of nitrogens with one attached hydrogen (secondary N) is 2. The normalized spacial score (nSPS) is 22.4. The number of hydrogen-bond acceptors (Lipinski definition) is 4. The van der Waals surface area contributed by atoms with Gasteiger partial charge in [0.1, 0.15) is 0 Å². The fraction of sp³-hybridized carbons (Fsp3) is 0.727. The second-order valence-corrected chi connectivity index (χ2v) is 5.00. The average molecular weight is 241 g/mol. The van der Waals surface area contributed by atoms with Crippen LogP contribution in [0.2, 0.25) is 0 Å². The van der Waals surface area contributed by atoms with Gasteiger partial charge in [0.15, 0.2) is 5.16 Å². The molecule has 2 unspecified atom stereocenters. The quantitative estimate of drug-likeness (QED) is 0.741. The molecule has 1 aromatic heterocycles. The Hall–Kier alpha value is -0.520. The van der Waals surface area contributed by atoms with Gasteiger partial charge in [-0.1, -0.05) is 18.7 Å². The van der Waals surface area contributed by atoms with Gasteiger partial charge in [0.2, 0.25) is 0 Å². The van der Waals surface area contributed by atoms with E-state index in [1.165, 1.54) is 6.42 Å². The van der Waals surface area contributed by atoms with E-state index < -0.39 is 0 Å². The Morgan fingerprint density at radius 2 is 2.69 bits per heavy atom. The van der Waals surface area contributed by atoms with E-state index in [0.717, 1.165) is 30.7 Å². The Balaban J connectivity index is 1.82. The Morgan fingerprint density at radius 3 is 3.31 bits per heavy atom. The molecule has 1 aliphatic rings. The van der Waals surface area contributed by atoms with Gasteiger partial charge in [0, 0.05) is 36.7 Å². The first kappa shape index (κ1) is 12.0. The zero-order valence-corrected chi connectivity index (χ0v) is 10.4. The summed E-state index contributed by atoms with van der Waals surface area (Å²) >= 11 is 1.78. The Kier molecular flexibility index (Phi) is 4.69. The van der Waals surface area contributed by atoms with Gasteiger partial charge in [-0.05, 0) is 13.0 Å². The molecule has 16 heavy (non-hydrogen) atoms. The van der Waals surface area contributed by atoms with Crippen LogP contribution in [-0.2, 0) is 4.74 Å². The monoisotopic (exact) mass is 241 g/mol. The molecule has 0 aliphatic carbocycles. The van der Waals surface area contributed by atoms with Crippen molar-refractivity contribution < 1.29 is 4.74 Å². The molecule has 0 bridgehead atoms. The number of thioether (sulfide) groups is 1. The standard InChI is InChI=1S/C11H19N3OS/c1-2-12-10(9-3-6-15-7-9)8-16-11-13-4-5-14-11/h4-5,9-10,12H,2-3,6-8H2,1H3,(H,13,14). The summed E-state index contributed by atoms with van der Waals surface area (Å²) in [5.41, 5.74) is 0. The van der Waals surface area contributed by atoms with Gasteiger partial charge < -0.3 is 15.0 Å². The molecule has 0 aromatic carbocycles. The number of rotatable bonds is 6. The van der Waals surface area contributed by atoms with Crippen LogP contribution in [0.5, 0.6) is 0 Å². The van der Waals surface area contributed by atoms with E-state index >= 15 is 0 Å². The molecule has 5 heteroatoms. The van der Waals surface area contributed by atoms with Crippen molar-refractivity contribution in [2.45, 2.75) is 24.5 Å². The second kappa shape index (κ2) is 6.27. The molecule has 1 saturated heterocycles. The van der Waals surface area contributed by atoms with E-state index in [2.05, 4.69) is 22.2 Å². The zero-order valence-electron chi connectivity index (χ0n) is 9.61. The Morgan fingerprint density at radius 1 is 1.75 bits per heavy atom. The van der Waals surface area contributed by atoms with Crippen molar-refractivity contribution in [2.75, 3.05) is 25.5 Å². The van der Waals surface area contributed by atoms with Gasteiger partial charge in [-0.25, -0.2) is 4.98 Å². The van der Waals surface area contributed by atoms with Crippen molar-refractivity contribution in [1.29, 1.82) is 0 Å². The number of hydrogen-bond donors (Lipinski definition) is 2. The van der Waals surface area contributed by atoms with E-state index in [0.29, 0.717) is 12.0 Å². The number of ether oxygens (including phenoxy) is 1. The molecule has 2 rings (SSSR count). The van der Waals surface area contributed by atoms with E-state index in [1.54, 1.807) is 18.0 Å². The van der Waals surface area contributed by atoms with E-state index in [9.17, 15) is 0 Å². The SMILES string of the molecule is CCNC(CSc1ncc[nH]1)C1CCOC1. The summed E-state index contributed by atoms with van der Waals surface area (Å²) < 4.78 is 5.45. The fourth-order valence-corrected chi connectivity index (χ4v) is 3.01. The highest BCUT2D eigenvalue weighted by molar-refractivity contribution is 7.99. The highest BCUT2D eigenvalue weighted by atomic mass is 32.2. The molecule has 2 N–H and O–H groups in total. The molecule has 1 fully saturated rings. The summed E-state index contributed by atoms with van der Waals surface area (Å²) in [6.45, 7) is 4.98. The van der Waals surface area contributed by atoms with Gasteiger partial charge in [-0.2, -0.15) is 0 Å². The van der Waals surface area contributed by atoms with Crippen LogP contribution >= 0.6 is 11.8 Å². The van der Waals surface area contributed by atoms with Crippen LogP contribution in [0, 0.1) is 5.92 Å². The van der Waals surface area contributed by atoms with Crippen LogP contribution in [0.3, 0.4) is 0 Å². The summed E-state index contributed by atoms with van der Waals surface area (Å²) in [6, 6.07) is 0.530. The summed E-state index contributed by atoms with van der Waals surface area (Å²) in [4.78, 5) is 7.34. The molecule has 4 nitrogen and oxygen atoms in total. The second-order valence-electron chi connectivity index (χ2n) is 3.99. The summed E-state index contributed by atoms with van der Waals surface area (Å²) in [5, 5.41) is 4.55. The van der Waals surface area contributed by atoms with Crippen molar-refractivity contribution in [2.24, 2.45) is 5.92 Å². The topological polar surface area (TPSA) is 49.9 Å². The van der Waals surface area contributed by atoms with Crippen molar-refractivity contribution in [3.05, 3.63) is 12.4 Å². The molecular weight excluding hydrogens is 222 g/mol. The van der Waals surface area contributed by atoms with Crippen LogP contribution in [-0.4, -0.2) is 41.5 Å². The lowest BCUT2D eigenvalue weighted by Crippen LogP contribution is -2.38. The number of imidazole rings is 1. The van der Waals surface area contributed by atoms with Crippen molar-refractivity contribution in [3.8, 4) is 0 Å². The first-order valence-corrected chi connectivity index (χ1v) is 6.82. The third kappa shape index (κ3) is 3.23. The predicted octanol–water partition coefficient (Wildman–Crippen LogP) is 1.52. The number of aromatic nitrogens is 2. The smallest absolute Gasteiger partial charge is 0.165 e. The first-order valence-electron chi connectivity index (χ1n) is 5.83. The lowest BCUT2D eigenvalue weighted by atomic mass is 10.0. The van der Waals surface area contributed by atoms with Crippen molar-refractivity contribution in [1.82, 2.24) is 15.3 Å². The van der Waals surface area contributed by atoms with Gasteiger partial charge in [-0.15, -0.1) is 0 Å². The maximum Gasteiger partial charge on any atom is 0.165 e. The predicted molar refractivity (Wildman–Crippen MR) is 65.7 cm³/mol. The Labute approximate surface area is 101 Å². The molecule has 90 valence electrons. The minimum absolute atomic E-state index is 0.530. The third-order valence-corrected chi connectivity index (χ3v) is 3.90. The lowest BCUT2D eigenvalue weighted by molar-refractivity contribution is 0.179. The largest absolute Gasteiger partial charge is 0.381 e. The summed E-state index contributed by atoms with van der Waals surface area (Å²) in [7, 11) is 0. The molecule has 0 spiro atoms. The Bertz CT molecular complexity index is 285. The molecular formula is C11H19N3OS. The zero-order chi connectivity index (χ0) is 11.2. The van der Waals surface area contributed by atoms with Crippen molar-refractivity contribution in [3.63, 3.8) is 0 Å². The summed E-state index contributed by atoms with van der Waals surface area (Å²) in [6.07, 6.45) is 4.84. The highest BCUT2D eigenvalue weighted by Crippen LogP contribution is 2.22. The number of H-pyrrole nitrogens is 1. The molecule has 0 saturated carbocycles. The van der Waals surface area contributed by atoms with Crippen molar-refractivity contribution >= 4 is 11.8 Å². The fourth-order valence-electron chi connectivity index (χ4n) is 1.99. The third-order valence-electron chi connectivity index (χ3n) is 2.87. The molecule has 2 atom stereocenters. The van der Waals surface area contributed by atoms with Crippen LogP contribution in [0.1, 0.15) is 13.3 Å². The summed E-state index contributed by atoms with van der Waals surface area (Å²) in [5.74, 6) is 1.71. The molecule has 2 heterocycles. The first-order chi connectivity index (χ1) is 7.90. The van der Waals surface area contributed by atoms with Gasteiger partial charge in [0.25, 0.3) is 0 Å². The molecule has 0 radical (unpaired) electrons. The molecule has 1 aromatic rings. The average Bonchev–Trinajstić information content (AvgIpc) is 2.96. The lowest BCUT2D eigenvalue weighted by Gasteiger charge is -2.22. The van der Waals surface area contributed by atoms with Crippen LogP contribution in [0.25, 0.3) is 0 Å². The van der Waals surface area contributed by atoms with Crippen LogP contribution < -0.4 is 5.32 Å². The van der Waals surface area contributed by atoms with Crippen LogP contribution in [0.15, 0.2) is 17.6 Å². The van der Waals surface area contributed by atoms with Gasteiger partial charge >= 0.3 is 0 Å². The van der Waals surface area contributed by atoms with Crippen LogP contribution in [0.4, 0.5) is 0 Å². The highest BCUT2D eigenvalue weighted by Gasteiger charge is 2.25. The maximum absolute atomic E-state index is 5.45. The molecule has 0 amide bonds. The van der Waals surface area contributed by atoms with Gasteiger partial charge in [0.05, 0.1) is 6.61 Å². The van der Waals surface area contributed by atoms with Gasteiger partial charge in [-0.3, -0.25) is 0 Å².